The maximum atomic E-state index is 8.91. The molecule has 0 saturated heterocycles. The summed E-state index contributed by atoms with van der Waals surface area (Å²) < 4.78 is 3.78. The quantitative estimate of drug-likeness (QED) is 0.446. The van der Waals surface area contributed by atoms with E-state index in [2.05, 4.69) is 47.6 Å². The van der Waals surface area contributed by atoms with Crippen LogP contribution in [0.3, 0.4) is 0 Å². The summed E-state index contributed by atoms with van der Waals surface area (Å²) in [5, 5.41) is 18.1. The summed E-state index contributed by atoms with van der Waals surface area (Å²) in [6.07, 6.45) is 6.49. The molecule has 2 heterocycles. The van der Waals surface area contributed by atoms with E-state index in [-0.39, 0.29) is 0 Å². The highest BCUT2D eigenvalue weighted by atomic mass is 15.3. The number of hydrogen-bond acceptors (Lipinski definition) is 4. The summed E-state index contributed by atoms with van der Waals surface area (Å²) in [5.74, 6) is 0. The number of aryl methyl sites for hydroxylation is 1. The Balaban J connectivity index is 1.50. The molecule has 0 unspecified atom stereocenters. The molecule has 0 amide bonds. The van der Waals surface area contributed by atoms with E-state index in [1.165, 1.54) is 0 Å². The highest BCUT2D eigenvalue weighted by Gasteiger charge is 2.14. The van der Waals surface area contributed by atoms with Gasteiger partial charge in [0, 0.05) is 42.2 Å². The van der Waals surface area contributed by atoms with Gasteiger partial charge in [0.05, 0.1) is 36.6 Å². The van der Waals surface area contributed by atoms with E-state index in [1.54, 1.807) is 0 Å². The maximum Gasteiger partial charge on any atom is 0.0968 e. The summed E-state index contributed by atoms with van der Waals surface area (Å²) in [6.45, 7) is 2.14. The first kappa shape index (κ1) is 19.6. The highest BCUT2D eigenvalue weighted by molar-refractivity contribution is 5.62. The standard InChI is InChI=1S/C24H24N6/c1-28(16-20-15-26-30(17-20)23-11-6-3-7-12-23)18-22-19-29(14-8-13-25)27-24(22)21-9-4-2-5-10-21/h2-7,9-12,15,17,19H,8,14,16,18H2,1H3. The van der Waals surface area contributed by atoms with Gasteiger partial charge >= 0.3 is 0 Å². The van der Waals surface area contributed by atoms with Crippen molar-refractivity contribution < 1.29 is 0 Å². The molecule has 2 aromatic heterocycles. The summed E-state index contributed by atoms with van der Waals surface area (Å²) in [6, 6.07) is 22.5. The average molecular weight is 396 g/mol. The second-order valence-corrected chi connectivity index (χ2v) is 7.34. The molecule has 4 aromatic rings. The third-order valence-corrected chi connectivity index (χ3v) is 4.89. The Morgan fingerprint density at radius 1 is 0.967 bits per heavy atom. The van der Waals surface area contributed by atoms with Crippen molar-refractivity contribution >= 4 is 0 Å². The molecule has 30 heavy (non-hydrogen) atoms. The molecule has 4 rings (SSSR count). The van der Waals surface area contributed by atoms with Crippen molar-refractivity contribution in [3.63, 3.8) is 0 Å². The van der Waals surface area contributed by atoms with Gasteiger partial charge in [-0.05, 0) is 19.2 Å². The fourth-order valence-electron chi connectivity index (χ4n) is 3.52. The predicted molar refractivity (Wildman–Crippen MR) is 117 cm³/mol. The summed E-state index contributed by atoms with van der Waals surface area (Å²) in [4.78, 5) is 2.25. The maximum absolute atomic E-state index is 8.91. The van der Waals surface area contributed by atoms with E-state index in [0.29, 0.717) is 13.0 Å². The molecule has 150 valence electrons. The smallest absolute Gasteiger partial charge is 0.0968 e. The van der Waals surface area contributed by atoms with Gasteiger partial charge in [-0.25, -0.2) is 4.68 Å². The van der Waals surface area contributed by atoms with Crippen LogP contribution in [0.15, 0.2) is 79.3 Å². The SMILES string of the molecule is CN(Cc1cnn(-c2ccccc2)c1)Cc1cn(CCC#N)nc1-c1ccccc1. The monoisotopic (exact) mass is 396 g/mol. The molecule has 2 aromatic carbocycles. The van der Waals surface area contributed by atoms with Crippen LogP contribution in [0.5, 0.6) is 0 Å². The molecule has 0 aliphatic heterocycles. The van der Waals surface area contributed by atoms with E-state index in [1.807, 2.05) is 64.1 Å². The number of aromatic nitrogens is 4. The fraction of sp³-hybridized carbons (Fsp3) is 0.208. The van der Waals surface area contributed by atoms with Crippen molar-refractivity contribution in [3.8, 4) is 23.0 Å². The second-order valence-electron chi connectivity index (χ2n) is 7.34. The Kier molecular flexibility index (Phi) is 6.02. The van der Waals surface area contributed by atoms with E-state index < -0.39 is 0 Å². The van der Waals surface area contributed by atoms with E-state index in [4.69, 9.17) is 10.4 Å². The molecular formula is C24H24N6. The minimum atomic E-state index is 0.448. The van der Waals surface area contributed by atoms with Crippen LogP contribution < -0.4 is 0 Å². The third kappa shape index (κ3) is 4.65. The van der Waals surface area contributed by atoms with Crippen molar-refractivity contribution in [2.75, 3.05) is 7.05 Å². The van der Waals surface area contributed by atoms with Gasteiger partial charge in [-0.2, -0.15) is 15.5 Å². The molecule has 6 nitrogen and oxygen atoms in total. The van der Waals surface area contributed by atoms with Gasteiger partial charge in [-0.1, -0.05) is 48.5 Å². The van der Waals surface area contributed by atoms with Gasteiger partial charge in [-0.3, -0.25) is 9.58 Å². The van der Waals surface area contributed by atoms with E-state index in [9.17, 15) is 0 Å². The van der Waals surface area contributed by atoms with Crippen LogP contribution in [-0.2, 0) is 19.6 Å². The number of benzene rings is 2. The zero-order valence-corrected chi connectivity index (χ0v) is 17.0. The van der Waals surface area contributed by atoms with Gasteiger partial charge < -0.3 is 0 Å². The lowest BCUT2D eigenvalue weighted by Gasteiger charge is -2.15. The van der Waals surface area contributed by atoms with Gasteiger partial charge in [-0.15, -0.1) is 0 Å². The number of para-hydroxylation sites is 1. The fourth-order valence-corrected chi connectivity index (χ4v) is 3.52. The molecule has 0 aliphatic carbocycles. The largest absolute Gasteiger partial charge is 0.298 e. The number of nitriles is 1. The van der Waals surface area contributed by atoms with Crippen LogP contribution in [-0.4, -0.2) is 31.5 Å². The van der Waals surface area contributed by atoms with Crippen LogP contribution in [0.25, 0.3) is 16.9 Å². The first-order valence-corrected chi connectivity index (χ1v) is 9.99. The zero-order chi connectivity index (χ0) is 20.8. The normalized spacial score (nSPS) is 11.0. The Morgan fingerprint density at radius 3 is 2.43 bits per heavy atom. The van der Waals surface area contributed by atoms with Gasteiger partial charge in [0.25, 0.3) is 0 Å². The van der Waals surface area contributed by atoms with Crippen molar-refractivity contribution in [1.82, 2.24) is 24.5 Å². The Morgan fingerprint density at radius 2 is 1.70 bits per heavy atom. The summed E-state index contributed by atoms with van der Waals surface area (Å²) in [5.41, 5.74) is 5.42. The minimum absolute atomic E-state index is 0.448. The molecule has 0 bridgehead atoms. The molecule has 6 heteroatoms. The van der Waals surface area contributed by atoms with Crippen LogP contribution in [0, 0.1) is 11.3 Å². The molecule has 0 aliphatic rings. The lowest BCUT2D eigenvalue weighted by atomic mass is 10.1. The van der Waals surface area contributed by atoms with Gasteiger partial charge in [0.1, 0.15) is 0 Å². The number of nitrogens with zero attached hydrogens (tertiary/aromatic N) is 6. The van der Waals surface area contributed by atoms with Gasteiger partial charge in [0.2, 0.25) is 0 Å². The molecule has 0 radical (unpaired) electrons. The molecule has 0 saturated carbocycles. The lowest BCUT2D eigenvalue weighted by molar-refractivity contribution is 0.319. The number of rotatable bonds is 8. The third-order valence-electron chi connectivity index (χ3n) is 4.89. The first-order chi connectivity index (χ1) is 14.7. The molecule has 0 fully saturated rings. The average Bonchev–Trinajstić information content (AvgIpc) is 3.40. The summed E-state index contributed by atoms with van der Waals surface area (Å²) in [7, 11) is 2.10. The van der Waals surface area contributed by atoms with Crippen LogP contribution in [0.1, 0.15) is 17.5 Å². The van der Waals surface area contributed by atoms with Gasteiger partial charge in [0.15, 0.2) is 0 Å². The lowest BCUT2D eigenvalue weighted by Crippen LogP contribution is -2.17. The Bertz CT molecular complexity index is 1120. The predicted octanol–water partition coefficient (Wildman–Crippen LogP) is 4.28. The molecular weight excluding hydrogens is 372 g/mol. The van der Waals surface area contributed by atoms with Crippen molar-refractivity contribution in [3.05, 3.63) is 90.4 Å². The summed E-state index contributed by atoms with van der Waals surface area (Å²) >= 11 is 0. The molecule has 0 spiro atoms. The Hall–Kier alpha value is -3.69. The van der Waals surface area contributed by atoms with Crippen molar-refractivity contribution in [1.29, 1.82) is 5.26 Å². The molecule has 0 N–H and O–H groups in total. The van der Waals surface area contributed by atoms with Crippen LogP contribution in [0.2, 0.25) is 0 Å². The van der Waals surface area contributed by atoms with Crippen LogP contribution >= 0.6 is 0 Å². The van der Waals surface area contributed by atoms with E-state index in [0.717, 1.165) is 41.2 Å². The highest BCUT2D eigenvalue weighted by Crippen LogP contribution is 2.23. The van der Waals surface area contributed by atoms with Crippen molar-refractivity contribution in [2.24, 2.45) is 0 Å². The second kappa shape index (κ2) is 9.21. The Labute approximate surface area is 176 Å². The van der Waals surface area contributed by atoms with E-state index >= 15 is 0 Å². The number of hydrogen-bond donors (Lipinski definition) is 0. The topological polar surface area (TPSA) is 62.7 Å². The molecule has 0 atom stereocenters. The first-order valence-electron chi connectivity index (χ1n) is 9.99. The van der Waals surface area contributed by atoms with Crippen LogP contribution in [0.4, 0.5) is 0 Å². The minimum Gasteiger partial charge on any atom is -0.298 e. The van der Waals surface area contributed by atoms with Crippen molar-refractivity contribution in [2.45, 2.75) is 26.1 Å². The zero-order valence-electron chi connectivity index (χ0n) is 17.0.